The van der Waals surface area contributed by atoms with Crippen molar-refractivity contribution in [2.45, 2.75) is 31.8 Å². The van der Waals surface area contributed by atoms with Gasteiger partial charge in [-0.05, 0) is 47.5 Å². The van der Waals surface area contributed by atoms with Gasteiger partial charge < -0.3 is 10.2 Å². The molecule has 1 N–H and O–H groups in total. The summed E-state index contributed by atoms with van der Waals surface area (Å²) in [5.74, 6) is -0.0431. The minimum Gasteiger partial charge on any atom is -0.334 e. The summed E-state index contributed by atoms with van der Waals surface area (Å²) in [6, 6.07) is 9.13. The summed E-state index contributed by atoms with van der Waals surface area (Å²) in [6.07, 6.45) is 1.88. The second-order valence-electron chi connectivity index (χ2n) is 7.31. The Balaban J connectivity index is 1.51. The molecule has 6 heteroatoms. The SMILES string of the molecule is CCC1c2ccsc2CCN1C(=O)CN1CCNCC1c1cccc(F)c1. The smallest absolute Gasteiger partial charge is 0.237 e. The molecule has 2 aliphatic heterocycles. The van der Waals surface area contributed by atoms with Crippen LogP contribution in [-0.4, -0.2) is 48.4 Å². The average molecular weight is 388 g/mol. The minimum atomic E-state index is -0.226. The molecule has 0 spiro atoms. The molecule has 0 radical (unpaired) electrons. The molecule has 0 bridgehead atoms. The number of carbonyl (C=O) groups is 1. The van der Waals surface area contributed by atoms with Crippen molar-refractivity contribution in [3.63, 3.8) is 0 Å². The quantitative estimate of drug-likeness (QED) is 0.874. The van der Waals surface area contributed by atoms with E-state index in [9.17, 15) is 9.18 Å². The lowest BCUT2D eigenvalue weighted by atomic mass is 9.97. The van der Waals surface area contributed by atoms with Crippen LogP contribution in [0.25, 0.3) is 0 Å². The molecule has 0 aliphatic carbocycles. The van der Waals surface area contributed by atoms with Crippen LogP contribution in [0.15, 0.2) is 35.7 Å². The molecule has 1 saturated heterocycles. The first-order chi connectivity index (χ1) is 13.2. The van der Waals surface area contributed by atoms with Crippen molar-refractivity contribution >= 4 is 17.2 Å². The number of piperazine rings is 1. The lowest BCUT2D eigenvalue weighted by Crippen LogP contribution is -2.51. The summed E-state index contributed by atoms with van der Waals surface area (Å²) in [6.45, 7) is 5.72. The van der Waals surface area contributed by atoms with Gasteiger partial charge in [0, 0.05) is 37.1 Å². The summed E-state index contributed by atoms with van der Waals surface area (Å²) in [5, 5.41) is 5.51. The Bertz CT molecular complexity index is 808. The maximum atomic E-state index is 13.7. The van der Waals surface area contributed by atoms with Crippen molar-refractivity contribution in [2.24, 2.45) is 0 Å². The van der Waals surface area contributed by atoms with Crippen LogP contribution in [0.4, 0.5) is 4.39 Å². The van der Waals surface area contributed by atoms with Crippen LogP contribution in [0.3, 0.4) is 0 Å². The fourth-order valence-corrected chi connectivity index (χ4v) is 5.31. The zero-order valence-corrected chi connectivity index (χ0v) is 16.5. The lowest BCUT2D eigenvalue weighted by Gasteiger charge is -2.40. The van der Waals surface area contributed by atoms with Crippen LogP contribution >= 0.6 is 11.3 Å². The van der Waals surface area contributed by atoms with Gasteiger partial charge in [-0.15, -0.1) is 11.3 Å². The Labute approximate surface area is 164 Å². The number of benzene rings is 1. The second kappa shape index (κ2) is 8.09. The number of nitrogens with zero attached hydrogens (tertiary/aromatic N) is 2. The highest BCUT2D eigenvalue weighted by atomic mass is 32.1. The van der Waals surface area contributed by atoms with Gasteiger partial charge in [0.25, 0.3) is 0 Å². The molecule has 144 valence electrons. The minimum absolute atomic E-state index is 0.0278. The highest BCUT2D eigenvalue weighted by molar-refractivity contribution is 7.10. The zero-order chi connectivity index (χ0) is 18.8. The van der Waals surface area contributed by atoms with Gasteiger partial charge in [0.05, 0.1) is 12.6 Å². The highest BCUT2D eigenvalue weighted by Crippen LogP contribution is 2.35. The highest BCUT2D eigenvalue weighted by Gasteiger charge is 2.33. The molecule has 1 aromatic carbocycles. The number of carbonyl (C=O) groups excluding carboxylic acids is 1. The van der Waals surface area contributed by atoms with E-state index in [1.165, 1.54) is 16.5 Å². The number of hydrogen-bond acceptors (Lipinski definition) is 4. The van der Waals surface area contributed by atoms with Crippen LogP contribution < -0.4 is 5.32 Å². The average Bonchev–Trinajstić information content (AvgIpc) is 3.16. The predicted molar refractivity (Wildman–Crippen MR) is 106 cm³/mol. The van der Waals surface area contributed by atoms with Gasteiger partial charge in [-0.2, -0.15) is 0 Å². The maximum absolute atomic E-state index is 13.7. The second-order valence-corrected chi connectivity index (χ2v) is 8.31. The number of rotatable bonds is 4. The van der Waals surface area contributed by atoms with E-state index in [4.69, 9.17) is 0 Å². The van der Waals surface area contributed by atoms with Crippen molar-refractivity contribution in [3.05, 3.63) is 57.5 Å². The largest absolute Gasteiger partial charge is 0.334 e. The monoisotopic (exact) mass is 387 g/mol. The summed E-state index contributed by atoms with van der Waals surface area (Å²) in [7, 11) is 0. The van der Waals surface area contributed by atoms with Crippen molar-refractivity contribution in [2.75, 3.05) is 32.7 Å². The number of amides is 1. The van der Waals surface area contributed by atoms with Crippen molar-refractivity contribution in [1.82, 2.24) is 15.1 Å². The van der Waals surface area contributed by atoms with Gasteiger partial charge in [0.1, 0.15) is 5.82 Å². The van der Waals surface area contributed by atoms with Gasteiger partial charge in [-0.3, -0.25) is 9.69 Å². The summed E-state index contributed by atoms with van der Waals surface area (Å²) < 4.78 is 13.7. The van der Waals surface area contributed by atoms with Crippen LogP contribution in [0.2, 0.25) is 0 Å². The Kier molecular flexibility index (Phi) is 5.57. The molecule has 2 unspecified atom stereocenters. The molecule has 4 nitrogen and oxygen atoms in total. The molecule has 4 rings (SSSR count). The van der Waals surface area contributed by atoms with Gasteiger partial charge in [-0.1, -0.05) is 19.1 Å². The first-order valence-corrected chi connectivity index (χ1v) is 10.6. The molecule has 1 aromatic heterocycles. The molecule has 27 heavy (non-hydrogen) atoms. The first-order valence-electron chi connectivity index (χ1n) is 9.73. The van der Waals surface area contributed by atoms with E-state index in [-0.39, 0.29) is 23.8 Å². The zero-order valence-electron chi connectivity index (χ0n) is 15.7. The fourth-order valence-electron chi connectivity index (χ4n) is 4.38. The first kappa shape index (κ1) is 18.6. The molecule has 2 aromatic rings. The fraction of sp³-hybridized carbons (Fsp3) is 0.476. The van der Waals surface area contributed by atoms with Crippen molar-refractivity contribution < 1.29 is 9.18 Å². The number of halogens is 1. The third-order valence-corrected chi connectivity index (χ3v) is 6.72. The lowest BCUT2D eigenvalue weighted by molar-refractivity contribution is -0.136. The molecule has 0 saturated carbocycles. The third-order valence-electron chi connectivity index (χ3n) is 5.73. The van der Waals surface area contributed by atoms with Gasteiger partial charge in [-0.25, -0.2) is 4.39 Å². The Morgan fingerprint density at radius 3 is 3.04 bits per heavy atom. The van der Waals surface area contributed by atoms with E-state index in [1.807, 2.05) is 6.07 Å². The van der Waals surface area contributed by atoms with Crippen LogP contribution in [-0.2, 0) is 11.2 Å². The van der Waals surface area contributed by atoms with E-state index in [1.54, 1.807) is 23.5 Å². The van der Waals surface area contributed by atoms with E-state index in [0.717, 1.165) is 44.6 Å². The molecule has 1 fully saturated rings. The summed E-state index contributed by atoms with van der Waals surface area (Å²) in [4.78, 5) is 18.9. The number of nitrogens with one attached hydrogen (secondary N) is 1. The Hall–Kier alpha value is -1.76. The van der Waals surface area contributed by atoms with E-state index in [2.05, 4.69) is 33.5 Å². The molecular formula is C21H26FN3OS. The van der Waals surface area contributed by atoms with Crippen LogP contribution in [0.5, 0.6) is 0 Å². The standard InChI is InChI=1S/C21H26FN3OS/c1-2-18-17-7-11-27-20(17)6-9-25(18)21(26)14-24-10-8-23-13-19(24)15-4-3-5-16(22)12-15/h3-5,7,11-12,18-19,23H,2,6,8-10,13-14H2,1H3. The van der Waals surface area contributed by atoms with E-state index < -0.39 is 0 Å². The Morgan fingerprint density at radius 2 is 2.22 bits per heavy atom. The van der Waals surface area contributed by atoms with Gasteiger partial charge in [0.2, 0.25) is 5.91 Å². The molecule has 2 aliphatic rings. The number of thiophene rings is 1. The molecule has 2 atom stereocenters. The van der Waals surface area contributed by atoms with Crippen molar-refractivity contribution in [1.29, 1.82) is 0 Å². The molecular weight excluding hydrogens is 361 g/mol. The van der Waals surface area contributed by atoms with Crippen LogP contribution in [0, 0.1) is 5.82 Å². The Morgan fingerprint density at radius 1 is 1.33 bits per heavy atom. The van der Waals surface area contributed by atoms with Gasteiger partial charge >= 0.3 is 0 Å². The van der Waals surface area contributed by atoms with Crippen LogP contribution in [0.1, 0.15) is 41.4 Å². The summed E-state index contributed by atoms with van der Waals surface area (Å²) in [5.41, 5.74) is 2.25. The number of fused-ring (bicyclic) bond motifs is 1. The van der Waals surface area contributed by atoms with Gasteiger partial charge in [0.15, 0.2) is 0 Å². The maximum Gasteiger partial charge on any atom is 0.237 e. The van der Waals surface area contributed by atoms with E-state index in [0.29, 0.717) is 6.54 Å². The number of hydrogen-bond donors (Lipinski definition) is 1. The molecule has 3 heterocycles. The third kappa shape index (κ3) is 3.79. The molecule has 1 amide bonds. The normalized spacial score (nSPS) is 23.3. The summed E-state index contributed by atoms with van der Waals surface area (Å²) >= 11 is 1.80. The predicted octanol–water partition coefficient (Wildman–Crippen LogP) is 3.37. The van der Waals surface area contributed by atoms with Crippen molar-refractivity contribution in [3.8, 4) is 0 Å². The topological polar surface area (TPSA) is 35.6 Å². The van der Waals surface area contributed by atoms with E-state index >= 15 is 0 Å².